The molecule has 0 radical (unpaired) electrons. The predicted molar refractivity (Wildman–Crippen MR) is 135 cm³/mol. The van der Waals surface area contributed by atoms with Crippen LogP contribution >= 0.6 is 46.6 Å². The number of carboxylic acid groups (broad SMARTS) is 2. The van der Waals surface area contributed by atoms with E-state index in [0.717, 1.165) is 16.2 Å². The number of carboxylic acids is 2. The van der Waals surface area contributed by atoms with Gasteiger partial charge in [-0.2, -0.15) is 10.3 Å². The Balaban J connectivity index is 1.48. The summed E-state index contributed by atoms with van der Waals surface area (Å²) < 4.78 is 0. The fraction of sp³-hybridized carbons (Fsp3) is 0.222. The van der Waals surface area contributed by atoms with E-state index in [0.29, 0.717) is 20.8 Å². The van der Waals surface area contributed by atoms with E-state index >= 15 is 0 Å². The summed E-state index contributed by atoms with van der Waals surface area (Å²) in [6.07, 6.45) is 1.54. The molecule has 0 saturated carbocycles. The maximum atomic E-state index is 13.0. The van der Waals surface area contributed by atoms with Crippen LogP contribution in [0.15, 0.2) is 44.7 Å². The minimum atomic E-state index is -1.49. The zero-order chi connectivity index (χ0) is 26.7. The SMILES string of the molecule is C=C(O/N=C(\C(=O)N[C@@H]1C(=O)N2C(C(=O)O)=C(SCSc3cn[nH]n3)CS[C@H]12)c1csc(N)n1)C(=O)O. The van der Waals surface area contributed by atoms with Crippen molar-refractivity contribution in [2.24, 2.45) is 5.16 Å². The fourth-order valence-corrected chi connectivity index (χ4v) is 7.20. The molecule has 4 rings (SSSR count). The highest BCUT2D eigenvalue weighted by molar-refractivity contribution is 8.18. The Morgan fingerprint density at radius 2 is 2.16 bits per heavy atom. The van der Waals surface area contributed by atoms with Crippen LogP contribution in [0.1, 0.15) is 5.69 Å². The molecular formula is C18H16N8O7S4. The molecule has 0 spiro atoms. The van der Waals surface area contributed by atoms with Gasteiger partial charge in [-0.3, -0.25) is 14.5 Å². The number of amides is 2. The Bertz CT molecular complexity index is 1330. The van der Waals surface area contributed by atoms with Gasteiger partial charge in [0.1, 0.15) is 27.8 Å². The van der Waals surface area contributed by atoms with Crippen molar-refractivity contribution in [3.8, 4) is 0 Å². The first-order valence-electron chi connectivity index (χ1n) is 9.89. The number of aromatic nitrogens is 4. The molecule has 0 aliphatic carbocycles. The lowest BCUT2D eigenvalue weighted by Gasteiger charge is -2.49. The van der Waals surface area contributed by atoms with Crippen molar-refractivity contribution < 1.29 is 34.2 Å². The van der Waals surface area contributed by atoms with Crippen LogP contribution in [-0.4, -0.2) is 87.2 Å². The summed E-state index contributed by atoms with van der Waals surface area (Å²) in [6, 6.07) is -1.06. The van der Waals surface area contributed by atoms with Crippen molar-refractivity contribution in [2.45, 2.75) is 16.4 Å². The number of thiazole rings is 1. The number of nitrogens with one attached hydrogen (secondary N) is 2. The molecule has 0 bridgehead atoms. The van der Waals surface area contributed by atoms with Gasteiger partial charge in [0.15, 0.2) is 10.8 Å². The maximum absolute atomic E-state index is 13.0. The lowest BCUT2D eigenvalue weighted by atomic mass is 10.0. The van der Waals surface area contributed by atoms with Gasteiger partial charge in [0, 0.05) is 16.0 Å². The molecule has 2 aromatic rings. The molecule has 0 aromatic carbocycles. The number of nitrogens with zero attached hydrogens (tertiary/aromatic N) is 5. The molecule has 2 aliphatic heterocycles. The molecule has 2 aliphatic rings. The zero-order valence-electron chi connectivity index (χ0n) is 18.3. The highest BCUT2D eigenvalue weighted by Gasteiger charge is 2.54. The Hall–Kier alpha value is -3.55. The molecule has 2 aromatic heterocycles. The molecule has 2 amide bonds. The van der Waals surface area contributed by atoms with Crippen LogP contribution in [-0.2, 0) is 24.0 Å². The van der Waals surface area contributed by atoms with Gasteiger partial charge < -0.3 is 26.1 Å². The van der Waals surface area contributed by atoms with Gasteiger partial charge in [-0.15, -0.1) is 40.0 Å². The topological polar surface area (TPSA) is 226 Å². The molecule has 0 unspecified atom stereocenters. The van der Waals surface area contributed by atoms with E-state index in [-0.39, 0.29) is 16.5 Å². The van der Waals surface area contributed by atoms with E-state index < -0.39 is 46.6 Å². The number of fused-ring (bicyclic) bond motifs is 1. The smallest absolute Gasteiger partial charge is 0.374 e. The summed E-state index contributed by atoms with van der Waals surface area (Å²) in [7, 11) is 0. The van der Waals surface area contributed by atoms with Gasteiger partial charge in [0.25, 0.3) is 11.8 Å². The third-order valence-corrected chi connectivity index (χ3v) is 8.98. The standard InChI is InChI=1S/C18H16N8O7S4/c1-6(16(29)30)33-24-10(7-3-35-18(19)21-7)13(27)22-11-14(28)26-12(17(31)32)8(4-34-15(11)26)36-5-37-9-2-20-25-23-9/h2-3,11,15H,1,4-5H2,(H2,19,21)(H,22,27)(H,29,30)(H,31,32)(H,20,23,25)/b24-10-/t11-,15-/m1/s1. The Morgan fingerprint density at radius 3 is 2.78 bits per heavy atom. The number of nitrogen functional groups attached to an aromatic ring is 1. The second-order valence-electron chi connectivity index (χ2n) is 6.98. The molecule has 194 valence electrons. The number of rotatable bonds is 11. The Kier molecular flexibility index (Phi) is 8.05. The Labute approximate surface area is 224 Å². The van der Waals surface area contributed by atoms with Gasteiger partial charge in [-0.25, -0.2) is 14.6 Å². The molecule has 1 fully saturated rings. The predicted octanol–water partition coefficient (Wildman–Crippen LogP) is 0.342. The lowest BCUT2D eigenvalue weighted by molar-refractivity contribution is -0.150. The number of thioether (sulfide) groups is 3. The Morgan fingerprint density at radius 1 is 1.38 bits per heavy atom. The van der Waals surface area contributed by atoms with E-state index in [2.05, 4.69) is 37.4 Å². The third kappa shape index (κ3) is 5.73. The number of carbonyl (C=O) groups is 4. The van der Waals surface area contributed by atoms with Crippen LogP contribution in [0.25, 0.3) is 0 Å². The van der Waals surface area contributed by atoms with Crippen molar-refractivity contribution in [3.63, 3.8) is 0 Å². The molecule has 2 atom stereocenters. The van der Waals surface area contributed by atoms with E-state index in [1.54, 1.807) is 0 Å². The first-order chi connectivity index (χ1) is 17.7. The molecule has 15 nitrogen and oxygen atoms in total. The number of aromatic amines is 1. The van der Waals surface area contributed by atoms with Crippen LogP contribution < -0.4 is 11.1 Å². The summed E-state index contributed by atoms with van der Waals surface area (Å²) >= 11 is 4.92. The molecule has 4 heterocycles. The van der Waals surface area contributed by atoms with Crippen LogP contribution in [0.3, 0.4) is 0 Å². The second kappa shape index (κ2) is 11.2. The van der Waals surface area contributed by atoms with E-state index in [1.807, 2.05) is 0 Å². The number of aliphatic carboxylic acids is 2. The van der Waals surface area contributed by atoms with Gasteiger partial charge in [-0.1, -0.05) is 16.9 Å². The number of anilines is 1. The second-order valence-corrected chi connectivity index (χ2v) is 11.4. The monoisotopic (exact) mass is 584 g/mol. The quantitative estimate of drug-likeness (QED) is 0.0457. The number of oxime groups is 1. The van der Waals surface area contributed by atoms with E-state index in [9.17, 15) is 24.3 Å². The zero-order valence-corrected chi connectivity index (χ0v) is 21.6. The number of β-lactam (4-membered cyclic amide) rings is 1. The van der Waals surface area contributed by atoms with Crippen LogP contribution in [0.2, 0.25) is 0 Å². The average Bonchev–Trinajstić information content (AvgIpc) is 3.53. The summed E-state index contributed by atoms with van der Waals surface area (Å²) in [6.45, 7) is 3.17. The van der Waals surface area contributed by atoms with Gasteiger partial charge in [-0.05, 0) is 6.58 Å². The van der Waals surface area contributed by atoms with Gasteiger partial charge in [0.05, 0.1) is 11.3 Å². The summed E-state index contributed by atoms with van der Waals surface area (Å²) in [4.78, 5) is 59.2. The van der Waals surface area contributed by atoms with Crippen molar-refractivity contribution in [1.29, 1.82) is 0 Å². The van der Waals surface area contributed by atoms with Crippen molar-refractivity contribution >= 4 is 81.2 Å². The molecule has 6 N–H and O–H groups in total. The normalized spacial score (nSPS) is 19.2. The summed E-state index contributed by atoms with van der Waals surface area (Å²) in [5.74, 6) is -4.73. The average molecular weight is 585 g/mol. The number of nitrogens with two attached hydrogens (primary N) is 1. The number of hydrogen-bond acceptors (Lipinski definition) is 14. The highest BCUT2D eigenvalue weighted by Crippen LogP contribution is 2.44. The fourth-order valence-electron chi connectivity index (χ4n) is 3.07. The number of H-pyrrole nitrogens is 1. The van der Waals surface area contributed by atoms with Gasteiger partial charge in [0.2, 0.25) is 5.76 Å². The molecular weight excluding hydrogens is 569 g/mol. The molecule has 19 heteroatoms. The first-order valence-corrected chi connectivity index (χ1v) is 13.8. The summed E-state index contributed by atoms with van der Waals surface area (Å²) in [5.41, 5.74) is 5.03. The maximum Gasteiger partial charge on any atom is 0.374 e. The first kappa shape index (κ1) is 26.5. The third-order valence-electron chi connectivity index (χ3n) is 4.72. The minimum Gasteiger partial charge on any atom is -0.477 e. The minimum absolute atomic E-state index is 0.00691. The number of hydrogen-bond donors (Lipinski definition) is 5. The van der Waals surface area contributed by atoms with Gasteiger partial charge >= 0.3 is 11.9 Å². The van der Waals surface area contributed by atoms with Crippen molar-refractivity contribution in [2.75, 3.05) is 16.6 Å². The van der Waals surface area contributed by atoms with E-state index in [1.165, 1.54) is 46.9 Å². The molecule has 37 heavy (non-hydrogen) atoms. The van der Waals surface area contributed by atoms with Crippen molar-refractivity contribution in [3.05, 3.63) is 40.2 Å². The van der Waals surface area contributed by atoms with Crippen LogP contribution in [0.4, 0.5) is 5.13 Å². The largest absolute Gasteiger partial charge is 0.477 e. The van der Waals surface area contributed by atoms with E-state index in [4.69, 9.17) is 15.7 Å². The highest BCUT2D eigenvalue weighted by atomic mass is 32.2. The molecule has 1 saturated heterocycles. The summed E-state index contributed by atoms with van der Waals surface area (Å²) in [5, 5.41) is 36.8. The van der Waals surface area contributed by atoms with Crippen LogP contribution in [0.5, 0.6) is 0 Å². The number of carbonyl (C=O) groups excluding carboxylic acids is 2. The van der Waals surface area contributed by atoms with Crippen molar-refractivity contribution in [1.82, 2.24) is 30.6 Å². The lowest BCUT2D eigenvalue weighted by Crippen LogP contribution is -2.71. The van der Waals surface area contributed by atoms with Crippen LogP contribution in [0, 0.1) is 0 Å².